The Morgan fingerprint density at radius 2 is 2.11 bits per heavy atom. The van der Waals surface area contributed by atoms with Gasteiger partial charge in [-0.15, -0.1) is 0 Å². The Balaban J connectivity index is 2.98. The first kappa shape index (κ1) is 12.4. The molecule has 0 saturated heterocycles. The number of hydrogen-bond acceptors (Lipinski definition) is 4. The van der Waals surface area contributed by atoms with Crippen LogP contribution in [0, 0.1) is 6.92 Å². The lowest BCUT2D eigenvalue weighted by Crippen LogP contribution is -2.02. The van der Waals surface area contributed by atoms with Crippen LogP contribution in [0.25, 0.3) is 10.9 Å². The molecule has 2 aromatic rings. The minimum absolute atomic E-state index is 0.215. The Labute approximate surface area is 108 Å². The molecular formula is C12H10ClNO4. The molecule has 6 heteroatoms. The van der Waals surface area contributed by atoms with Gasteiger partial charge in [-0.3, -0.25) is 0 Å². The summed E-state index contributed by atoms with van der Waals surface area (Å²) in [4.78, 5) is 15.3. The van der Waals surface area contributed by atoms with Gasteiger partial charge in [0.15, 0.2) is 5.75 Å². The number of aromatic carboxylic acids is 1. The monoisotopic (exact) mass is 267 g/mol. The molecule has 18 heavy (non-hydrogen) atoms. The summed E-state index contributed by atoms with van der Waals surface area (Å²) in [7, 11) is 1.44. The van der Waals surface area contributed by atoms with Crippen LogP contribution in [0.3, 0.4) is 0 Å². The second kappa shape index (κ2) is 4.34. The van der Waals surface area contributed by atoms with Crippen molar-refractivity contribution >= 4 is 28.5 Å². The number of fused-ring (bicyclic) bond motifs is 1. The number of aryl methyl sites for hydroxylation is 1. The Morgan fingerprint density at radius 3 is 2.67 bits per heavy atom. The summed E-state index contributed by atoms with van der Waals surface area (Å²) in [5.41, 5.74) is 0.315. The molecule has 0 aliphatic rings. The summed E-state index contributed by atoms with van der Waals surface area (Å²) in [6.45, 7) is 1.52. The minimum Gasteiger partial charge on any atom is -0.505 e. The van der Waals surface area contributed by atoms with Crippen LogP contribution in [0.15, 0.2) is 12.1 Å². The predicted octanol–water partition coefficient (Wildman–Crippen LogP) is 2.61. The Morgan fingerprint density at radius 1 is 1.44 bits per heavy atom. The molecule has 0 aliphatic heterocycles. The van der Waals surface area contributed by atoms with E-state index in [4.69, 9.17) is 16.3 Å². The second-order valence-corrected chi connectivity index (χ2v) is 4.14. The van der Waals surface area contributed by atoms with Crippen LogP contribution in [-0.4, -0.2) is 28.3 Å². The highest BCUT2D eigenvalue weighted by molar-refractivity contribution is 6.35. The van der Waals surface area contributed by atoms with Crippen LogP contribution in [0.1, 0.15) is 16.1 Å². The van der Waals surface area contributed by atoms with Gasteiger partial charge in [-0.1, -0.05) is 11.6 Å². The first-order valence-corrected chi connectivity index (χ1v) is 5.43. The maximum absolute atomic E-state index is 11.2. The molecule has 1 aromatic heterocycles. The van der Waals surface area contributed by atoms with E-state index in [9.17, 15) is 15.0 Å². The van der Waals surface area contributed by atoms with E-state index in [2.05, 4.69) is 4.98 Å². The maximum atomic E-state index is 11.2. The van der Waals surface area contributed by atoms with Crippen LogP contribution >= 0.6 is 11.6 Å². The number of aromatic hydroxyl groups is 1. The van der Waals surface area contributed by atoms with Gasteiger partial charge in [0.05, 0.1) is 23.3 Å². The molecular weight excluding hydrogens is 258 g/mol. The van der Waals surface area contributed by atoms with Crippen molar-refractivity contribution in [2.45, 2.75) is 6.92 Å². The summed E-state index contributed by atoms with van der Waals surface area (Å²) < 4.78 is 5.02. The van der Waals surface area contributed by atoms with Crippen molar-refractivity contribution in [3.8, 4) is 11.5 Å². The molecule has 0 radical (unpaired) electrons. The van der Waals surface area contributed by atoms with Crippen molar-refractivity contribution in [3.63, 3.8) is 0 Å². The average Bonchev–Trinajstić information content (AvgIpc) is 2.31. The molecule has 0 amide bonds. The number of carbonyl (C=O) groups is 1. The molecule has 0 atom stereocenters. The molecule has 0 bridgehead atoms. The van der Waals surface area contributed by atoms with Gasteiger partial charge in [-0.05, 0) is 13.0 Å². The fourth-order valence-corrected chi connectivity index (χ4v) is 1.99. The van der Waals surface area contributed by atoms with Crippen molar-refractivity contribution in [3.05, 3.63) is 28.4 Å². The average molecular weight is 268 g/mol. The van der Waals surface area contributed by atoms with Gasteiger partial charge in [0.25, 0.3) is 0 Å². The van der Waals surface area contributed by atoms with Gasteiger partial charge in [-0.25, -0.2) is 9.78 Å². The van der Waals surface area contributed by atoms with Crippen LogP contribution in [0.5, 0.6) is 11.5 Å². The largest absolute Gasteiger partial charge is 0.505 e. The Bertz CT molecular complexity index is 654. The van der Waals surface area contributed by atoms with Crippen LogP contribution < -0.4 is 4.74 Å². The van der Waals surface area contributed by atoms with Crippen molar-refractivity contribution in [1.82, 2.24) is 4.98 Å². The lowest BCUT2D eigenvalue weighted by molar-refractivity contribution is 0.0695. The number of methoxy groups -OCH3 is 1. The van der Waals surface area contributed by atoms with E-state index in [0.717, 1.165) is 0 Å². The first-order valence-electron chi connectivity index (χ1n) is 5.05. The van der Waals surface area contributed by atoms with E-state index < -0.39 is 5.97 Å². The lowest BCUT2D eigenvalue weighted by Gasteiger charge is -2.10. The number of aromatic nitrogens is 1. The normalized spacial score (nSPS) is 10.6. The Kier molecular flexibility index (Phi) is 3.00. The van der Waals surface area contributed by atoms with E-state index >= 15 is 0 Å². The zero-order valence-corrected chi connectivity index (χ0v) is 10.4. The number of rotatable bonds is 2. The van der Waals surface area contributed by atoms with Crippen molar-refractivity contribution < 1.29 is 19.7 Å². The van der Waals surface area contributed by atoms with Crippen molar-refractivity contribution in [2.24, 2.45) is 0 Å². The molecule has 94 valence electrons. The highest BCUT2D eigenvalue weighted by Crippen LogP contribution is 2.35. The van der Waals surface area contributed by atoms with Gasteiger partial charge in [-0.2, -0.15) is 0 Å². The second-order valence-electron chi connectivity index (χ2n) is 3.73. The molecule has 0 aliphatic carbocycles. The summed E-state index contributed by atoms with van der Waals surface area (Å²) in [6.07, 6.45) is 0. The SMILES string of the molecule is COc1cc(Cl)c2nc(C)c(O)c(C(=O)O)c2c1. The number of carboxylic acids is 1. The van der Waals surface area contributed by atoms with Crippen LogP contribution in [0.2, 0.25) is 5.02 Å². The van der Waals surface area contributed by atoms with E-state index in [1.807, 2.05) is 0 Å². The fourth-order valence-electron chi connectivity index (χ4n) is 1.74. The smallest absolute Gasteiger partial charge is 0.340 e. The fraction of sp³-hybridized carbons (Fsp3) is 0.167. The molecule has 0 unspecified atom stereocenters. The first-order chi connectivity index (χ1) is 8.45. The molecule has 0 fully saturated rings. The zero-order valence-electron chi connectivity index (χ0n) is 9.69. The molecule has 0 saturated carbocycles. The maximum Gasteiger partial charge on any atom is 0.340 e. The number of benzene rings is 1. The topological polar surface area (TPSA) is 79.7 Å². The van der Waals surface area contributed by atoms with Crippen LogP contribution in [0.4, 0.5) is 0 Å². The third-order valence-corrected chi connectivity index (χ3v) is 2.90. The zero-order chi connectivity index (χ0) is 13.4. The number of halogens is 1. The molecule has 0 spiro atoms. The van der Waals surface area contributed by atoms with Crippen molar-refractivity contribution in [2.75, 3.05) is 7.11 Å². The van der Waals surface area contributed by atoms with E-state index in [1.165, 1.54) is 20.1 Å². The summed E-state index contributed by atoms with van der Waals surface area (Å²) in [5.74, 6) is -1.20. The van der Waals surface area contributed by atoms with E-state index in [1.54, 1.807) is 6.07 Å². The molecule has 2 N–H and O–H groups in total. The summed E-state index contributed by atoms with van der Waals surface area (Å²) >= 11 is 6.02. The van der Waals surface area contributed by atoms with Gasteiger partial charge < -0.3 is 14.9 Å². The molecule has 1 heterocycles. The number of carboxylic acid groups (broad SMARTS) is 1. The summed E-state index contributed by atoms with van der Waals surface area (Å²) in [5, 5.41) is 19.5. The lowest BCUT2D eigenvalue weighted by atomic mass is 10.1. The number of ether oxygens (including phenoxy) is 1. The van der Waals surface area contributed by atoms with Gasteiger partial charge in [0.1, 0.15) is 11.3 Å². The standard InChI is InChI=1S/C12H10ClNO4/c1-5-11(15)9(12(16)17)7-3-6(18-2)4-8(13)10(7)14-5/h3-4,15H,1-2H3,(H,16,17). The quantitative estimate of drug-likeness (QED) is 0.874. The highest BCUT2D eigenvalue weighted by atomic mass is 35.5. The molecule has 1 aromatic carbocycles. The van der Waals surface area contributed by atoms with E-state index in [-0.39, 0.29) is 27.4 Å². The van der Waals surface area contributed by atoms with Gasteiger partial charge in [0.2, 0.25) is 0 Å². The predicted molar refractivity (Wildman–Crippen MR) is 66.7 cm³/mol. The number of hydrogen-bond donors (Lipinski definition) is 2. The molecule has 2 rings (SSSR count). The minimum atomic E-state index is -1.24. The summed E-state index contributed by atoms with van der Waals surface area (Å²) in [6, 6.07) is 3.02. The third-order valence-electron chi connectivity index (χ3n) is 2.61. The van der Waals surface area contributed by atoms with Gasteiger partial charge in [0, 0.05) is 11.5 Å². The Hall–Kier alpha value is -2.01. The van der Waals surface area contributed by atoms with E-state index in [0.29, 0.717) is 11.3 Å². The number of pyridine rings is 1. The van der Waals surface area contributed by atoms with Crippen LogP contribution in [-0.2, 0) is 0 Å². The van der Waals surface area contributed by atoms with Crippen molar-refractivity contribution in [1.29, 1.82) is 0 Å². The number of nitrogens with zero attached hydrogens (tertiary/aromatic N) is 1. The molecule has 5 nitrogen and oxygen atoms in total. The van der Waals surface area contributed by atoms with Gasteiger partial charge >= 0.3 is 5.97 Å². The third kappa shape index (κ3) is 1.82. The highest BCUT2D eigenvalue weighted by Gasteiger charge is 2.20.